The van der Waals surface area contributed by atoms with E-state index < -0.39 is 0 Å². The standard InChI is InChI=1S/C11H12O/c1-8-6-7-9-4-2-3-5-10(9)11(8)12/h2-5,12H,6-7H2,1H3. The van der Waals surface area contributed by atoms with Crippen LogP contribution in [0, 0.1) is 0 Å². The zero-order chi connectivity index (χ0) is 8.55. The van der Waals surface area contributed by atoms with Crippen LogP contribution in [0.25, 0.3) is 5.76 Å². The number of fused-ring (bicyclic) bond motifs is 1. The molecule has 1 aromatic rings. The predicted molar refractivity (Wildman–Crippen MR) is 50.0 cm³/mol. The summed E-state index contributed by atoms with van der Waals surface area (Å²) in [5.41, 5.74) is 3.38. The first kappa shape index (κ1) is 7.41. The zero-order valence-corrected chi connectivity index (χ0v) is 7.17. The van der Waals surface area contributed by atoms with E-state index in [9.17, 15) is 5.11 Å². The van der Waals surface area contributed by atoms with Gasteiger partial charge in [-0.2, -0.15) is 0 Å². The summed E-state index contributed by atoms with van der Waals surface area (Å²) >= 11 is 0. The normalized spacial score (nSPS) is 16.1. The fraction of sp³-hybridized carbons (Fsp3) is 0.273. The molecule has 0 amide bonds. The third kappa shape index (κ3) is 1.02. The summed E-state index contributed by atoms with van der Waals surface area (Å²) in [4.78, 5) is 0. The monoisotopic (exact) mass is 160 g/mol. The highest BCUT2D eigenvalue weighted by atomic mass is 16.3. The van der Waals surface area contributed by atoms with E-state index >= 15 is 0 Å². The van der Waals surface area contributed by atoms with Crippen molar-refractivity contribution in [3.05, 3.63) is 41.0 Å². The molecule has 62 valence electrons. The zero-order valence-electron chi connectivity index (χ0n) is 7.17. The quantitative estimate of drug-likeness (QED) is 0.618. The lowest BCUT2D eigenvalue weighted by atomic mass is 9.91. The minimum absolute atomic E-state index is 0.483. The molecule has 0 saturated heterocycles. The summed E-state index contributed by atoms with van der Waals surface area (Å²) in [6.07, 6.45) is 2.05. The maximum atomic E-state index is 9.71. The first-order chi connectivity index (χ1) is 5.79. The highest BCUT2D eigenvalue weighted by Crippen LogP contribution is 2.28. The average Bonchev–Trinajstić information content (AvgIpc) is 2.12. The number of aliphatic hydroxyl groups excluding tert-OH is 1. The van der Waals surface area contributed by atoms with E-state index in [0.29, 0.717) is 5.76 Å². The van der Waals surface area contributed by atoms with Crippen LogP contribution in [-0.4, -0.2) is 5.11 Å². The van der Waals surface area contributed by atoms with E-state index in [2.05, 4.69) is 6.07 Å². The molecule has 2 rings (SSSR count). The molecular weight excluding hydrogens is 148 g/mol. The van der Waals surface area contributed by atoms with Crippen molar-refractivity contribution in [2.24, 2.45) is 0 Å². The van der Waals surface area contributed by atoms with Gasteiger partial charge in [0, 0.05) is 5.56 Å². The van der Waals surface area contributed by atoms with Crippen LogP contribution < -0.4 is 0 Å². The van der Waals surface area contributed by atoms with Gasteiger partial charge in [0.1, 0.15) is 5.76 Å². The topological polar surface area (TPSA) is 20.2 Å². The number of hydrogen-bond donors (Lipinski definition) is 1. The molecule has 0 atom stereocenters. The lowest BCUT2D eigenvalue weighted by Crippen LogP contribution is -2.02. The number of aryl methyl sites for hydroxylation is 1. The number of rotatable bonds is 0. The summed E-state index contributed by atoms with van der Waals surface area (Å²) in [6, 6.07) is 8.05. The summed E-state index contributed by atoms with van der Waals surface area (Å²) in [5.74, 6) is 0.483. The van der Waals surface area contributed by atoms with Gasteiger partial charge in [-0.05, 0) is 30.9 Å². The van der Waals surface area contributed by atoms with Gasteiger partial charge >= 0.3 is 0 Å². The van der Waals surface area contributed by atoms with Crippen LogP contribution in [0.5, 0.6) is 0 Å². The minimum atomic E-state index is 0.483. The van der Waals surface area contributed by atoms with Gasteiger partial charge in [0.15, 0.2) is 0 Å². The van der Waals surface area contributed by atoms with Crippen LogP contribution >= 0.6 is 0 Å². The fourth-order valence-electron chi connectivity index (χ4n) is 1.64. The predicted octanol–water partition coefficient (Wildman–Crippen LogP) is 2.92. The summed E-state index contributed by atoms with van der Waals surface area (Å²) in [5, 5.41) is 9.71. The number of allylic oxidation sites excluding steroid dienone is 1. The lowest BCUT2D eigenvalue weighted by molar-refractivity contribution is 0.498. The Morgan fingerprint density at radius 3 is 2.75 bits per heavy atom. The second-order valence-electron chi connectivity index (χ2n) is 3.29. The molecule has 1 nitrogen and oxygen atoms in total. The molecule has 1 aliphatic rings. The summed E-state index contributed by atoms with van der Waals surface area (Å²) in [7, 11) is 0. The van der Waals surface area contributed by atoms with Crippen molar-refractivity contribution in [2.45, 2.75) is 19.8 Å². The van der Waals surface area contributed by atoms with Gasteiger partial charge in [0.2, 0.25) is 0 Å². The lowest BCUT2D eigenvalue weighted by Gasteiger charge is -2.16. The summed E-state index contributed by atoms with van der Waals surface area (Å²) < 4.78 is 0. The van der Waals surface area contributed by atoms with Crippen LogP contribution in [0.2, 0.25) is 0 Å². The van der Waals surface area contributed by atoms with Crippen LogP contribution in [0.4, 0.5) is 0 Å². The third-order valence-electron chi connectivity index (χ3n) is 2.45. The molecule has 0 radical (unpaired) electrons. The largest absolute Gasteiger partial charge is 0.507 e. The maximum absolute atomic E-state index is 9.71. The van der Waals surface area contributed by atoms with Gasteiger partial charge in [-0.3, -0.25) is 0 Å². The van der Waals surface area contributed by atoms with Crippen molar-refractivity contribution in [1.82, 2.24) is 0 Å². The molecule has 12 heavy (non-hydrogen) atoms. The molecule has 0 bridgehead atoms. The molecular formula is C11H12O. The Morgan fingerprint density at radius 2 is 1.92 bits per heavy atom. The Labute approximate surface area is 72.4 Å². The molecule has 0 heterocycles. The third-order valence-corrected chi connectivity index (χ3v) is 2.45. The molecule has 0 unspecified atom stereocenters. The van der Waals surface area contributed by atoms with Crippen molar-refractivity contribution in [1.29, 1.82) is 0 Å². The van der Waals surface area contributed by atoms with E-state index in [1.54, 1.807) is 0 Å². The Kier molecular flexibility index (Phi) is 1.65. The van der Waals surface area contributed by atoms with Crippen LogP contribution in [0.15, 0.2) is 29.8 Å². The van der Waals surface area contributed by atoms with E-state index in [0.717, 1.165) is 24.0 Å². The Balaban J connectivity index is 2.59. The SMILES string of the molecule is CC1=C(O)c2ccccc2CC1. The van der Waals surface area contributed by atoms with Gasteiger partial charge in [-0.1, -0.05) is 24.3 Å². The van der Waals surface area contributed by atoms with Gasteiger partial charge in [-0.25, -0.2) is 0 Å². The van der Waals surface area contributed by atoms with Crippen LogP contribution in [0.3, 0.4) is 0 Å². The fourth-order valence-corrected chi connectivity index (χ4v) is 1.64. The highest BCUT2D eigenvalue weighted by Gasteiger charge is 2.13. The van der Waals surface area contributed by atoms with Crippen molar-refractivity contribution in [3.63, 3.8) is 0 Å². The Morgan fingerprint density at radius 1 is 1.17 bits per heavy atom. The van der Waals surface area contributed by atoms with Crippen molar-refractivity contribution >= 4 is 5.76 Å². The van der Waals surface area contributed by atoms with Gasteiger partial charge in [0.05, 0.1) is 0 Å². The van der Waals surface area contributed by atoms with Gasteiger partial charge in [-0.15, -0.1) is 0 Å². The smallest absolute Gasteiger partial charge is 0.121 e. The van der Waals surface area contributed by atoms with E-state index in [1.807, 2.05) is 25.1 Å². The Bertz CT molecular complexity index is 337. The second-order valence-corrected chi connectivity index (χ2v) is 3.29. The van der Waals surface area contributed by atoms with Gasteiger partial charge in [0.25, 0.3) is 0 Å². The number of hydrogen-bond acceptors (Lipinski definition) is 1. The van der Waals surface area contributed by atoms with Crippen molar-refractivity contribution in [3.8, 4) is 0 Å². The van der Waals surface area contributed by atoms with E-state index in [1.165, 1.54) is 5.56 Å². The van der Waals surface area contributed by atoms with E-state index in [4.69, 9.17) is 0 Å². The number of benzene rings is 1. The maximum Gasteiger partial charge on any atom is 0.121 e. The van der Waals surface area contributed by atoms with Gasteiger partial charge < -0.3 is 5.11 Å². The Hall–Kier alpha value is -1.24. The molecule has 1 aromatic carbocycles. The number of aliphatic hydroxyl groups is 1. The van der Waals surface area contributed by atoms with Crippen LogP contribution in [-0.2, 0) is 6.42 Å². The molecule has 1 heteroatoms. The molecule has 1 aliphatic carbocycles. The summed E-state index contributed by atoms with van der Waals surface area (Å²) in [6.45, 7) is 1.99. The molecule has 0 aliphatic heterocycles. The average molecular weight is 160 g/mol. The van der Waals surface area contributed by atoms with Crippen LogP contribution in [0.1, 0.15) is 24.5 Å². The molecule has 1 N–H and O–H groups in total. The van der Waals surface area contributed by atoms with Crippen molar-refractivity contribution < 1.29 is 5.11 Å². The first-order valence-electron chi connectivity index (χ1n) is 4.26. The van der Waals surface area contributed by atoms with Crippen molar-refractivity contribution in [2.75, 3.05) is 0 Å². The molecule has 0 saturated carbocycles. The molecule has 0 spiro atoms. The van der Waals surface area contributed by atoms with E-state index in [-0.39, 0.29) is 0 Å². The first-order valence-corrected chi connectivity index (χ1v) is 4.26. The second kappa shape index (κ2) is 2.67. The molecule has 0 fully saturated rings. The highest BCUT2D eigenvalue weighted by molar-refractivity contribution is 5.66. The minimum Gasteiger partial charge on any atom is -0.507 e. The molecule has 0 aromatic heterocycles.